The topological polar surface area (TPSA) is 136 Å². The first-order valence-electron chi connectivity index (χ1n) is 7.25. The van der Waals surface area contributed by atoms with E-state index < -0.39 is 15.9 Å². The van der Waals surface area contributed by atoms with Gasteiger partial charge in [0, 0.05) is 24.5 Å². The molecule has 25 heavy (non-hydrogen) atoms. The van der Waals surface area contributed by atoms with Gasteiger partial charge in [-0.25, -0.2) is 13.4 Å². The maximum absolute atomic E-state index is 12.5. The van der Waals surface area contributed by atoms with Gasteiger partial charge in [0.2, 0.25) is 0 Å². The molecule has 4 N–H and O–H groups in total. The number of nitrogens with zero attached hydrogens (tertiary/aromatic N) is 3. The lowest BCUT2D eigenvalue weighted by Gasteiger charge is -2.07. The van der Waals surface area contributed by atoms with Gasteiger partial charge in [0.1, 0.15) is 16.4 Å². The summed E-state index contributed by atoms with van der Waals surface area (Å²) in [5.74, 6) is 0.421. The second kappa shape index (κ2) is 6.06. The molecule has 0 aliphatic carbocycles. The van der Waals surface area contributed by atoms with Crippen LogP contribution in [0, 0.1) is 6.92 Å². The highest BCUT2D eigenvalue weighted by Gasteiger charge is 2.20. The van der Waals surface area contributed by atoms with Crippen LogP contribution in [0.1, 0.15) is 16.3 Å². The Balaban J connectivity index is 1.91. The standard InChI is InChI=1S/C15H16N6O3S/c1-9-17-15(19-18-9)10-4-3-5-11(6-10)20-25(23,24)12-7-13(14(16)22)21(2)8-12/h3-8,20H,1-2H3,(H2,16,22)(H,17,18,19). The van der Waals surface area contributed by atoms with E-state index in [2.05, 4.69) is 19.9 Å². The third-order valence-electron chi connectivity index (χ3n) is 3.51. The zero-order valence-electron chi connectivity index (χ0n) is 13.5. The molecule has 3 rings (SSSR count). The smallest absolute Gasteiger partial charge is 0.265 e. The van der Waals surface area contributed by atoms with Crippen LogP contribution in [-0.2, 0) is 17.1 Å². The number of hydrogen-bond acceptors (Lipinski definition) is 5. The number of aromatic nitrogens is 4. The van der Waals surface area contributed by atoms with Crippen LogP contribution in [0.25, 0.3) is 11.4 Å². The van der Waals surface area contributed by atoms with Crippen molar-refractivity contribution in [2.24, 2.45) is 12.8 Å². The third-order valence-corrected chi connectivity index (χ3v) is 4.86. The second-order valence-electron chi connectivity index (χ2n) is 5.47. The van der Waals surface area contributed by atoms with Crippen molar-refractivity contribution < 1.29 is 13.2 Å². The van der Waals surface area contributed by atoms with Crippen molar-refractivity contribution in [2.75, 3.05) is 4.72 Å². The van der Waals surface area contributed by atoms with E-state index >= 15 is 0 Å². The fraction of sp³-hybridized carbons (Fsp3) is 0.133. The van der Waals surface area contributed by atoms with E-state index in [0.717, 1.165) is 0 Å². The average Bonchev–Trinajstić information content (AvgIpc) is 3.13. The molecule has 0 saturated heterocycles. The number of carbonyl (C=O) groups excluding carboxylic acids is 1. The predicted octanol–water partition coefficient (Wildman–Crippen LogP) is 1.02. The molecule has 9 nitrogen and oxygen atoms in total. The molecule has 0 bridgehead atoms. The van der Waals surface area contributed by atoms with E-state index in [1.807, 2.05) is 0 Å². The molecule has 1 amide bonds. The van der Waals surface area contributed by atoms with Crippen molar-refractivity contribution >= 4 is 21.6 Å². The summed E-state index contributed by atoms with van der Waals surface area (Å²) in [6, 6.07) is 7.93. The number of aromatic amines is 1. The molecule has 0 fully saturated rings. The number of aryl methyl sites for hydroxylation is 2. The van der Waals surface area contributed by atoms with Crippen LogP contribution in [0.15, 0.2) is 41.4 Å². The van der Waals surface area contributed by atoms with Crippen LogP contribution in [0.3, 0.4) is 0 Å². The van der Waals surface area contributed by atoms with Crippen LogP contribution >= 0.6 is 0 Å². The summed E-state index contributed by atoms with van der Waals surface area (Å²) in [7, 11) is -2.32. The highest BCUT2D eigenvalue weighted by atomic mass is 32.2. The Bertz CT molecular complexity index is 1050. The van der Waals surface area contributed by atoms with E-state index in [9.17, 15) is 13.2 Å². The van der Waals surface area contributed by atoms with Gasteiger partial charge in [-0.05, 0) is 25.1 Å². The molecule has 1 aromatic carbocycles. The number of nitrogens with two attached hydrogens (primary N) is 1. The zero-order chi connectivity index (χ0) is 18.2. The molecule has 2 aromatic heterocycles. The number of primary amides is 1. The number of carbonyl (C=O) groups is 1. The molecule has 10 heteroatoms. The Morgan fingerprint density at radius 2 is 2.08 bits per heavy atom. The summed E-state index contributed by atoms with van der Waals surface area (Å²) in [5.41, 5.74) is 6.33. The van der Waals surface area contributed by atoms with Crippen LogP contribution in [0.2, 0.25) is 0 Å². The lowest BCUT2D eigenvalue weighted by Crippen LogP contribution is -2.14. The predicted molar refractivity (Wildman–Crippen MR) is 91.3 cm³/mol. The Labute approximate surface area is 143 Å². The van der Waals surface area contributed by atoms with Crippen molar-refractivity contribution in [3.8, 4) is 11.4 Å². The summed E-state index contributed by atoms with van der Waals surface area (Å²) in [6.07, 6.45) is 1.32. The second-order valence-corrected chi connectivity index (χ2v) is 7.15. The molecule has 2 heterocycles. The van der Waals surface area contributed by atoms with Crippen LogP contribution in [-0.4, -0.2) is 34.1 Å². The minimum atomic E-state index is -3.87. The van der Waals surface area contributed by atoms with Crippen molar-refractivity contribution in [1.29, 1.82) is 0 Å². The Hall–Kier alpha value is -3.14. The van der Waals surface area contributed by atoms with Crippen molar-refractivity contribution in [2.45, 2.75) is 11.8 Å². The van der Waals surface area contributed by atoms with E-state index in [4.69, 9.17) is 5.73 Å². The Morgan fingerprint density at radius 1 is 1.32 bits per heavy atom. The summed E-state index contributed by atoms with van der Waals surface area (Å²) >= 11 is 0. The van der Waals surface area contributed by atoms with Gasteiger partial charge in [0.15, 0.2) is 5.82 Å². The summed E-state index contributed by atoms with van der Waals surface area (Å²) in [5, 5.41) is 6.78. The van der Waals surface area contributed by atoms with E-state index in [1.54, 1.807) is 38.2 Å². The Kier molecular flexibility index (Phi) is 4.05. The van der Waals surface area contributed by atoms with Gasteiger partial charge in [0.25, 0.3) is 15.9 Å². The number of rotatable bonds is 5. The number of anilines is 1. The lowest BCUT2D eigenvalue weighted by molar-refractivity contribution is 0.0992. The number of H-pyrrole nitrogens is 1. The minimum absolute atomic E-state index is 0.0528. The molecule has 0 aliphatic heterocycles. The maximum Gasteiger partial charge on any atom is 0.265 e. The molecular weight excluding hydrogens is 344 g/mol. The van der Waals surface area contributed by atoms with Crippen molar-refractivity contribution in [3.63, 3.8) is 0 Å². The van der Waals surface area contributed by atoms with E-state index in [1.165, 1.54) is 16.8 Å². The number of sulfonamides is 1. The van der Waals surface area contributed by atoms with Crippen LogP contribution in [0.4, 0.5) is 5.69 Å². The van der Waals surface area contributed by atoms with E-state index in [0.29, 0.717) is 22.9 Å². The first kappa shape index (κ1) is 16.7. The van der Waals surface area contributed by atoms with Gasteiger partial charge >= 0.3 is 0 Å². The summed E-state index contributed by atoms with van der Waals surface area (Å²) in [4.78, 5) is 15.5. The molecule has 0 atom stereocenters. The highest BCUT2D eigenvalue weighted by molar-refractivity contribution is 7.92. The average molecular weight is 360 g/mol. The molecular formula is C15H16N6O3S. The van der Waals surface area contributed by atoms with Gasteiger partial charge in [-0.15, -0.1) is 0 Å². The highest BCUT2D eigenvalue weighted by Crippen LogP contribution is 2.22. The fourth-order valence-electron chi connectivity index (χ4n) is 2.33. The van der Waals surface area contributed by atoms with E-state index in [-0.39, 0.29) is 10.6 Å². The van der Waals surface area contributed by atoms with Crippen LogP contribution < -0.4 is 10.5 Å². The normalized spacial score (nSPS) is 11.4. The first-order chi connectivity index (χ1) is 11.8. The maximum atomic E-state index is 12.5. The SMILES string of the molecule is Cc1nc(-c2cccc(NS(=O)(=O)c3cc(C(N)=O)n(C)c3)c2)n[nH]1. The zero-order valence-corrected chi connectivity index (χ0v) is 14.3. The molecule has 3 aromatic rings. The summed E-state index contributed by atoms with van der Waals surface area (Å²) in [6.45, 7) is 1.77. The summed E-state index contributed by atoms with van der Waals surface area (Å²) < 4.78 is 28.9. The van der Waals surface area contributed by atoms with Crippen LogP contribution in [0.5, 0.6) is 0 Å². The minimum Gasteiger partial charge on any atom is -0.364 e. The molecule has 0 saturated carbocycles. The number of hydrogen-bond donors (Lipinski definition) is 3. The molecule has 0 radical (unpaired) electrons. The fourth-order valence-corrected chi connectivity index (χ4v) is 3.45. The monoisotopic (exact) mass is 360 g/mol. The van der Waals surface area contributed by atoms with Crippen molar-refractivity contribution in [3.05, 3.63) is 48.0 Å². The molecule has 0 aliphatic rings. The third kappa shape index (κ3) is 3.38. The van der Waals surface area contributed by atoms with Gasteiger partial charge < -0.3 is 10.3 Å². The number of benzene rings is 1. The van der Waals surface area contributed by atoms with Gasteiger partial charge in [-0.3, -0.25) is 14.6 Å². The Morgan fingerprint density at radius 3 is 2.68 bits per heavy atom. The molecule has 130 valence electrons. The molecule has 0 spiro atoms. The number of amides is 1. The largest absolute Gasteiger partial charge is 0.364 e. The first-order valence-corrected chi connectivity index (χ1v) is 8.73. The molecule has 0 unspecified atom stereocenters. The van der Waals surface area contributed by atoms with Gasteiger partial charge in [-0.2, -0.15) is 5.10 Å². The quantitative estimate of drug-likeness (QED) is 0.624. The number of nitrogens with one attached hydrogen (secondary N) is 2. The van der Waals surface area contributed by atoms with Crippen molar-refractivity contribution in [1.82, 2.24) is 19.7 Å². The van der Waals surface area contributed by atoms with Gasteiger partial charge in [-0.1, -0.05) is 12.1 Å². The lowest BCUT2D eigenvalue weighted by atomic mass is 10.2. The van der Waals surface area contributed by atoms with Gasteiger partial charge in [0.05, 0.1) is 0 Å².